The average Bonchev–Trinajstić information content (AvgIpc) is 2.84. The van der Waals surface area contributed by atoms with E-state index in [1.165, 1.54) is 11.3 Å². The van der Waals surface area contributed by atoms with Gasteiger partial charge < -0.3 is 5.73 Å². The minimum Gasteiger partial charge on any atom is -0.396 e. The monoisotopic (exact) mass is 364 g/mol. The van der Waals surface area contributed by atoms with Crippen LogP contribution in [0, 0.1) is 5.82 Å². The van der Waals surface area contributed by atoms with E-state index >= 15 is 0 Å². The lowest BCUT2D eigenvalue weighted by atomic mass is 10.3. The largest absolute Gasteiger partial charge is 0.396 e. The highest BCUT2D eigenvalue weighted by atomic mass is 79.9. The van der Waals surface area contributed by atoms with E-state index in [-0.39, 0.29) is 21.6 Å². The van der Waals surface area contributed by atoms with Crippen molar-refractivity contribution in [1.82, 2.24) is 4.72 Å². The number of hydrogen-bond acceptors (Lipinski definition) is 4. The van der Waals surface area contributed by atoms with Crippen molar-refractivity contribution in [2.75, 3.05) is 5.73 Å². The van der Waals surface area contributed by atoms with Crippen molar-refractivity contribution >= 4 is 43.0 Å². The zero-order valence-corrected chi connectivity index (χ0v) is 12.8. The van der Waals surface area contributed by atoms with Crippen molar-refractivity contribution in [3.8, 4) is 0 Å². The lowest BCUT2D eigenvalue weighted by Crippen LogP contribution is -2.23. The number of thiophene rings is 1. The predicted octanol–water partition coefficient (Wildman–Crippen LogP) is 2.71. The molecule has 0 unspecified atom stereocenters. The molecule has 0 aliphatic carbocycles. The van der Waals surface area contributed by atoms with Crippen LogP contribution in [-0.4, -0.2) is 8.42 Å². The number of nitrogens with one attached hydrogen (secondary N) is 1. The maximum absolute atomic E-state index is 13.2. The molecule has 4 nitrogen and oxygen atoms in total. The molecule has 102 valence electrons. The topological polar surface area (TPSA) is 72.2 Å². The molecule has 8 heteroatoms. The Kier molecular flexibility index (Phi) is 4.24. The molecule has 0 amide bonds. The van der Waals surface area contributed by atoms with Gasteiger partial charge in [0.05, 0.1) is 10.6 Å². The quantitative estimate of drug-likeness (QED) is 0.819. The van der Waals surface area contributed by atoms with Gasteiger partial charge in [0.25, 0.3) is 0 Å². The van der Waals surface area contributed by atoms with Crippen LogP contribution >= 0.6 is 27.3 Å². The number of nitrogen functional groups attached to an aromatic ring is 1. The first-order chi connectivity index (χ1) is 8.90. The van der Waals surface area contributed by atoms with Crippen LogP contribution in [0.1, 0.15) is 5.56 Å². The summed E-state index contributed by atoms with van der Waals surface area (Å²) >= 11 is 4.50. The molecule has 0 aliphatic rings. The Hall–Kier alpha value is -0.960. The van der Waals surface area contributed by atoms with Gasteiger partial charge in [-0.3, -0.25) is 0 Å². The van der Waals surface area contributed by atoms with Gasteiger partial charge in [-0.05, 0) is 50.5 Å². The number of nitrogens with two attached hydrogens (primary N) is 1. The molecule has 2 aromatic rings. The summed E-state index contributed by atoms with van der Waals surface area (Å²) in [6.07, 6.45) is 0. The first-order valence-electron chi connectivity index (χ1n) is 5.15. The fourth-order valence-corrected chi connectivity index (χ4v) is 4.13. The molecule has 0 spiro atoms. The summed E-state index contributed by atoms with van der Waals surface area (Å²) in [4.78, 5) is -0.0818. The van der Waals surface area contributed by atoms with E-state index in [1.54, 1.807) is 0 Å². The van der Waals surface area contributed by atoms with Crippen LogP contribution in [0.25, 0.3) is 0 Å². The first-order valence-corrected chi connectivity index (χ1v) is 8.37. The maximum atomic E-state index is 13.2. The Morgan fingerprint density at radius 3 is 2.79 bits per heavy atom. The van der Waals surface area contributed by atoms with Gasteiger partial charge in [-0.15, -0.1) is 0 Å². The van der Waals surface area contributed by atoms with Crippen LogP contribution in [0.5, 0.6) is 0 Å². The molecule has 0 saturated heterocycles. The minimum absolute atomic E-state index is 0.0818. The predicted molar refractivity (Wildman–Crippen MR) is 76.9 cm³/mol. The van der Waals surface area contributed by atoms with Gasteiger partial charge in [-0.25, -0.2) is 17.5 Å². The second-order valence-electron chi connectivity index (χ2n) is 3.76. The number of benzene rings is 1. The third-order valence-corrected chi connectivity index (χ3v) is 5.48. The standard InChI is InChI=1S/C11H10BrFN2O2S2/c12-8-3-9(13)10(14)4-11(8)19(16,17)15-5-7-1-2-18-6-7/h1-4,6,15H,5,14H2. The van der Waals surface area contributed by atoms with Crippen molar-refractivity contribution in [1.29, 1.82) is 0 Å². The van der Waals surface area contributed by atoms with Gasteiger partial charge in [-0.1, -0.05) is 0 Å². The first kappa shape index (κ1) is 14.4. The van der Waals surface area contributed by atoms with Gasteiger partial charge >= 0.3 is 0 Å². The zero-order valence-electron chi connectivity index (χ0n) is 9.56. The highest BCUT2D eigenvalue weighted by Crippen LogP contribution is 2.26. The maximum Gasteiger partial charge on any atom is 0.242 e. The molecule has 3 N–H and O–H groups in total. The van der Waals surface area contributed by atoms with Crippen molar-refractivity contribution in [2.24, 2.45) is 0 Å². The molecule has 0 aliphatic heterocycles. The fraction of sp³-hybridized carbons (Fsp3) is 0.0909. The van der Waals surface area contributed by atoms with Crippen molar-refractivity contribution in [3.05, 3.63) is 44.8 Å². The van der Waals surface area contributed by atoms with Gasteiger partial charge in [0, 0.05) is 11.0 Å². The Bertz CT molecular complexity index is 687. The van der Waals surface area contributed by atoms with Crippen molar-refractivity contribution < 1.29 is 12.8 Å². The second-order valence-corrected chi connectivity index (χ2v) is 7.13. The number of halogens is 2. The molecule has 19 heavy (non-hydrogen) atoms. The Morgan fingerprint density at radius 1 is 1.42 bits per heavy atom. The lowest BCUT2D eigenvalue weighted by Gasteiger charge is -2.09. The van der Waals surface area contributed by atoms with E-state index in [0.717, 1.165) is 17.7 Å². The van der Waals surface area contributed by atoms with E-state index < -0.39 is 15.8 Å². The van der Waals surface area contributed by atoms with Gasteiger partial charge in [0.1, 0.15) is 5.82 Å². The van der Waals surface area contributed by atoms with Crippen LogP contribution in [0.3, 0.4) is 0 Å². The summed E-state index contributed by atoms with van der Waals surface area (Å²) in [5.41, 5.74) is 6.04. The van der Waals surface area contributed by atoms with Crippen LogP contribution in [0.2, 0.25) is 0 Å². The summed E-state index contributed by atoms with van der Waals surface area (Å²) < 4.78 is 40.0. The molecular formula is C11H10BrFN2O2S2. The van der Waals surface area contributed by atoms with Gasteiger partial charge in [-0.2, -0.15) is 11.3 Å². The van der Waals surface area contributed by atoms with Gasteiger partial charge in [0.15, 0.2) is 0 Å². The smallest absolute Gasteiger partial charge is 0.242 e. The SMILES string of the molecule is Nc1cc(S(=O)(=O)NCc2ccsc2)c(Br)cc1F. The third-order valence-electron chi connectivity index (χ3n) is 2.39. The molecule has 1 aromatic heterocycles. The second kappa shape index (κ2) is 5.58. The number of sulfonamides is 1. The third kappa shape index (κ3) is 3.33. The van der Waals surface area contributed by atoms with Crippen LogP contribution < -0.4 is 10.5 Å². The minimum atomic E-state index is -3.75. The Labute approximate surface area is 122 Å². The average molecular weight is 365 g/mol. The number of hydrogen-bond donors (Lipinski definition) is 2. The molecule has 1 aromatic carbocycles. The van der Waals surface area contributed by atoms with Gasteiger partial charge in [0.2, 0.25) is 10.0 Å². The molecule has 2 rings (SSSR count). The van der Waals surface area contributed by atoms with Crippen molar-refractivity contribution in [3.63, 3.8) is 0 Å². The molecular weight excluding hydrogens is 355 g/mol. The number of rotatable bonds is 4. The van der Waals surface area contributed by atoms with E-state index in [9.17, 15) is 12.8 Å². The highest BCUT2D eigenvalue weighted by Gasteiger charge is 2.19. The highest BCUT2D eigenvalue weighted by molar-refractivity contribution is 9.10. The van der Waals surface area contributed by atoms with Crippen LogP contribution in [0.4, 0.5) is 10.1 Å². The summed E-state index contributed by atoms with van der Waals surface area (Å²) in [6, 6.07) is 3.95. The van der Waals surface area contributed by atoms with Crippen molar-refractivity contribution in [2.45, 2.75) is 11.4 Å². The Balaban J connectivity index is 2.27. The zero-order chi connectivity index (χ0) is 14.0. The normalized spacial score (nSPS) is 11.7. The van der Waals surface area contributed by atoms with Crippen LogP contribution in [0.15, 0.2) is 38.3 Å². The summed E-state index contributed by atoms with van der Waals surface area (Å²) in [5.74, 6) is -0.663. The summed E-state index contributed by atoms with van der Waals surface area (Å²) in [6.45, 7) is 0.176. The van der Waals surface area contributed by atoms with E-state index in [0.29, 0.717) is 0 Å². The molecule has 0 fully saturated rings. The van der Waals surface area contributed by atoms with E-state index in [4.69, 9.17) is 5.73 Å². The molecule has 1 heterocycles. The summed E-state index contributed by atoms with van der Waals surface area (Å²) in [5, 5.41) is 3.70. The fourth-order valence-electron chi connectivity index (χ4n) is 1.40. The molecule has 0 bridgehead atoms. The number of anilines is 1. The molecule has 0 saturated carbocycles. The lowest BCUT2D eigenvalue weighted by molar-refractivity contribution is 0.580. The van der Waals surface area contributed by atoms with E-state index in [2.05, 4.69) is 20.7 Å². The molecule has 0 radical (unpaired) electrons. The Morgan fingerprint density at radius 2 is 2.16 bits per heavy atom. The summed E-state index contributed by atoms with van der Waals surface area (Å²) in [7, 11) is -3.75. The van der Waals surface area contributed by atoms with E-state index in [1.807, 2.05) is 16.8 Å². The van der Waals surface area contributed by atoms with Crippen LogP contribution in [-0.2, 0) is 16.6 Å². The molecule has 0 atom stereocenters.